The quantitative estimate of drug-likeness (QED) is 0.837. The van der Waals surface area contributed by atoms with Crippen LogP contribution in [0.25, 0.3) is 12.2 Å². The molecule has 2 aromatic rings. The molecule has 0 radical (unpaired) electrons. The van der Waals surface area contributed by atoms with E-state index in [1.165, 1.54) is 0 Å². The molecule has 0 bridgehead atoms. The Balaban J connectivity index is 2.20. The minimum atomic E-state index is -0.290. The summed E-state index contributed by atoms with van der Waals surface area (Å²) in [6.45, 7) is 0. The Kier molecular flexibility index (Phi) is 3.37. The van der Waals surface area contributed by atoms with Gasteiger partial charge >= 0.3 is 0 Å². The summed E-state index contributed by atoms with van der Waals surface area (Å²) in [6, 6.07) is 14.0. The highest BCUT2D eigenvalue weighted by Gasteiger charge is 2.21. The van der Waals surface area contributed by atoms with E-state index in [1.54, 1.807) is 14.2 Å². The molecule has 0 N–H and O–H groups in total. The van der Waals surface area contributed by atoms with Gasteiger partial charge in [-0.1, -0.05) is 24.3 Å². The minimum absolute atomic E-state index is 0.290. The SMILES string of the molecule is COc1ccc2c(c1)C=Cc1cc(OC)ccc1C2C#N. The van der Waals surface area contributed by atoms with Crippen LogP contribution in [-0.2, 0) is 0 Å². The van der Waals surface area contributed by atoms with E-state index in [0.29, 0.717) is 0 Å². The number of methoxy groups -OCH3 is 2. The van der Waals surface area contributed by atoms with Crippen LogP contribution in [-0.4, -0.2) is 14.2 Å². The zero-order valence-electron chi connectivity index (χ0n) is 12.0. The molecule has 0 aromatic heterocycles. The number of hydrogen-bond acceptors (Lipinski definition) is 3. The maximum absolute atomic E-state index is 9.62. The molecule has 0 aliphatic heterocycles. The Morgan fingerprint density at radius 1 is 0.857 bits per heavy atom. The lowest BCUT2D eigenvalue weighted by Gasteiger charge is -2.14. The number of hydrogen-bond donors (Lipinski definition) is 0. The van der Waals surface area contributed by atoms with Crippen LogP contribution in [0.5, 0.6) is 11.5 Å². The molecular formula is C18H15NO2. The number of benzene rings is 2. The van der Waals surface area contributed by atoms with Crippen molar-refractivity contribution in [3.05, 3.63) is 58.7 Å². The average Bonchev–Trinajstić information content (AvgIpc) is 2.69. The largest absolute Gasteiger partial charge is 0.497 e. The van der Waals surface area contributed by atoms with Crippen LogP contribution in [0.1, 0.15) is 28.2 Å². The first-order chi connectivity index (χ1) is 10.3. The van der Waals surface area contributed by atoms with Crippen molar-refractivity contribution in [1.82, 2.24) is 0 Å². The molecule has 1 aliphatic rings. The van der Waals surface area contributed by atoms with Gasteiger partial charge < -0.3 is 9.47 Å². The predicted molar refractivity (Wildman–Crippen MR) is 82.4 cm³/mol. The number of ether oxygens (including phenoxy) is 2. The van der Waals surface area contributed by atoms with Crippen molar-refractivity contribution in [3.63, 3.8) is 0 Å². The molecule has 21 heavy (non-hydrogen) atoms. The zero-order chi connectivity index (χ0) is 14.8. The Hall–Kier alpha value is -2.73. The van der Waals surface area contributed by atoms with Gasteiger partial charge in [0.15, 0.2) is 0 Å². The van der Waals surface area contributed by atoms with Crippen LogP contribution in [0.2, 0.25) is 0 Å². The van der Waals surface area contributed by atoms with Crippen molar-refractivity contribution >= 4 is 12.2 Å². The van der Waals surface area contributed by atoms with E-state index in [-0.39, 0.29) is 5.92 Å². The monoisotopic (exact) mass is 277 g/mol. The van der Waals surface area contributed by atoms with E-state index in [1.807, 2.05) is 48.6 Å². The molecule has 0 unspecified atom stereocenters. The molecular weight excluding hydrogens is 262 g/mol. The van der Waals surface area contributed by atoms with Crippen LogP contribution in [0.4, 0.5) is 0 Å². The summed E-state index contributed by atoms with van der Waals surface area (Å²) in [5, 5.41) is 9.62. The zero-order valence-corrected chi connectivity index (χ0v) is 12.0. The lowest BCUT2D eigenvalue weighted by atomic mass is 9.88. The summed E-state index contributed by atoms with van der Waals surface area (Å²) in [7, 11) is 3.28. The van der Waals surface area contributed by atoms with E-state index in [0.717, 1.165) is 33.8 Å². The van der Waals surface area contributed by atoms with Gasteiger partial charge in [-0.05, 0) is 46.5 Å². The Morgan fingerprint density at radius 2 is 1.33 bits per heavy atom. The lowest BCUT2D eigenvalue weighted by molar-refractivity contribution is 0.414. The van der Waals surface area contributed by atoms with Gasteiger partial charge in [0.25, 0.3) is 0 Å². The first-order valence-corrected chi connectivity index (χ1v) is 6.70. The van der Waals surface area contributed by atoms with Crippen LogP contribution in [0.15, 0.2) is 36.4 Å². The molecule has 0 saturated heterocycles. The molecule has 3 heteroatoms. The van der Waals surface area contributed by atoms with Gasteiger partial charge in [-0.15, -0.1) is 0 Å². The van der Waals surface area contributed by atoms with Gasteiger partial charge in [0, 0.05) is 0 Å². The summed E-state index contributed by atoms with van der Waals surface area (Å²) in [4.78, 5) is 0. The summed E-state index contributed by atoms with van der Waals surface area (Å²) in [5.74, 6) is 1.29. The van der Waals surface area contributed by atoms with Gasteiger partial charge in [-0.3, -0.25) is 0 Å². The van der Waals surface area contributed by atoms with E-state index in [2.05, 4.69) is 6.07 Å². The maximum Gasteiger partial charge on any atom is 0.119 e. The smallest absolute Gasteiger partial charge is 0.119 e. The average molecular weight is 277 g/mol. The molecule has 3 nitrogen and oxygen atoms in total. The maximum atomic E-state index is 9.62. The topological polar surface area (TPSA) is 42.2 Å². The van der Waals surface area contributed by atoms with Crippen molar-refractivity contribution in [2.24, 2.45) is 0 Å². The van der Waals surface area contributed by atoms with Crippen molar-refractivity contribution in [3.8, 4) is 17.6 Å². The first kappa shape index (κ1) is 13.3. The number of fused-ring (bicyclic) bond motifs is 2. The molecule has 1 aliphatic carbocycles. The molecule has 0 spiro atoms. The molecule has 0 amide bonds. The molecule has 2 aromatic carbocycles. The number of rotatable bonds is 2. The van der Waals surface area contributed by atoms with Gasteiger partial charge in [-0.2, -0.15) is 5.26 Å². The summed E-state index contributed by atoms with van der Waals surface area (Å²) in [6.07, 6.45) is 4.04. The fourth-order valence-electron chi connectivity index (χ4n) is 2.66. The third-order valence-corrected chi connectivity index (χ3v) is 3.78. The second-order valence-corrected chi connectivity index (χ2v) is 4.89. The van der Waals surface area contributed by atoms with Crippen molar-refractivity contribution in [1.29, 1.82) is 5.26 Å². The first-order valence-electron chi connectivity index (χ1n) is 6.70. The fourth-order valence-corrected chi connectivity index (χ4v) is 2.66. The summed E-state index contributed by atoms with van der Waals surface area (Å²) < 4.78 is 10.5. The third-order valence-electron chi connectivity index (χ3n) is 3.78. The highest BCUT2D eigenvalue weighted by Crippen LogP contribution is 2.36. The van der Waals surface area contributed by atoms with Gasteiger partial charge in [0.2, 0.25) is 0 Å². The van der Waals surface area contributed by atoms with E-state index < -0.39 is 0 Å². The van der Waals surface area contributed by atoms with Gasteiger partial charge in [0.05, 0.1) is 26.2 Å². The number of nitrogens with zero attached hydrogens (tertiary/aromatic N) is 1. The molecule has 0 atom stereocenters. The molecule has 0 heterocycles. The number of nitriles is 1. The van der Waals surface area contributed by atoms with Crippen molar-refractivity contribution in [2.45, 2.75) is 5.92 Å². The van der Waals surface area contributed by atoms with Crippen molar-refractivity contribution < 1.29 is 9.47 Å². The minimum Gasteiger partial charge on any atom is -0.497 e. The summed E-state index contributed by atoms with van der Waals surface area (Å²) >= 11 is 0. The van der Waals surface area contributed by atoms with Crippen LogP contribution in [0.3, 0.4) is 0 Å². The fraction of sp³-hybridized carbons (Fsp3) is 0.167. The Labute approximate surface area is 124 Å². The second kappa shape index (κ2) is 5.34. The second-order valence-electron chi connectivity index (χ2n) is 4.89. The van der Waals surface area contributed by atoms with E-state index >= 15 is 0 Å². The summed E-state index contributed by atoms with van der Waals surface area (Å²) in [5.41, 5.74) is 4.02. The predicted octanol–water partition coefficient (Wildman–Crippen LogP) is 3.84. The highest BCUT2D eigenvalue weighted by molar-refractivity contribution is 5.78. The van der Waals surface area contributed by atoms with E-state index in [4.69, 9.17) is 9.47 Å². The standard InChI is InChI=1S/C18H15NO2/c1-20-14-5-7-16-12(9-14)3-4-13-10-15(21-2)6-8-17(13)18(16)11-19/h3-10,18H,1-2H3. The Morgan fingerprint density at radius 3 is 1.71 bits per heavy atom. The van der Waals surface area contributed by atoms with E-state index in [9.17, 15) is 5.26 Å². The molecule has 0 saturated carbocycles. The molecule has 3 rings (SSSR count). The normalized spacial score (nSPS) is 12.8. The van der Waals surface area contributed by atoms with Crippen LogP contribution < -0.4 is 9.47 Å². The lowest BCUT2D eigenvalue weighted by Crippen LogP contribution is -2.02. The molecule has 0 fully saturated rings. The highest BCUT2D eigenvalue weighted by atomic mass is 16.5. The van der Waals surface area contributed by atoms with Crippen LogP contribution in [0, 0.1) is 11.3 Å². The third kappa shape index (κ3) is 2.25. The van der Waals surface area contributed by atoms with Crippen LogP contribution >= 0.6 is 0 Å². The van der Waals surface area contributed by atoms with Crippen molar-refractivity contribution in [2.75, 3.05) is 14.2 Å². The van der Waals surface area contributed by atoms with Gasteiger partial charge in [0.1, 0.15) is 11.5 Å². The Bertz CT molecular complexity index is 699. The molecule has 104 valence electrons. The van der Waals surface area contributed by atoms with Gasteiger partial charge in [-0.25, -0.2) is 0 Å².